The number of nitrogens with zero attached hydrogens (tertiary/aromatic N) is 2. The first kappa shape index (κ1) is 9.53. The fourth-order valence-electron chi connectivity index (χ4n) is 0.891. The highest BCUT2D eigenvalue weighted by molar-refractivity contribution is 7.59. The number of aromatic nitrogens is 4. The molecular formula is C7H8N4OS. The van der Waals surface area contributed by atoms with Crippen LogP contribution in [-0.4, -0.2) is 25.7 Å². The summed E-state index contributed by atoms with van der Waals surface area (Å²) in [7, 11) is 0. The highest BCUT2D eigenvalue weighted by Gasteiger charge is 2.12. The quantitative estimate of drug-likeness (QED) is 0.686. The van der Waals surface area contributed by atoms with Gasteiger partial charge in [-0.15, -0.1) is 0 Å². The van der Waals surface area contributed by atoms with E-state index in [9.17, 15) is 4.79 Å². The minimum atomic E-state index is -0.231. The molecule has 2 heterocycles. The van der Waals surface area contributed by atoms with E-state index in [2.05, 4.69) is 19.9 Å². The van der Waals surface area contributed by atoms with E-state index in [1.54, 1.807) is 12.4 Å². The van der Waals surface area contributed by atoms with E-state index in [0.29, 0.717) is 11.6 Å². The Labute approximate surface area is 81.1 Å². The lowest BCUT2D eigenvalue weighted by atomic mass is 10.3. The predicted octanol–water partition coefficient (Wildman–Crippen LogP) is 0.477. The molecule has 0 radical (unpaired) electrons. The first-order chi connectivity index (χ1) is 5.88. The van der Waals surface area contributed by atoms with Gasteiger partial charge in [-0.25, -0.2) is 9.97 Å². The third-order valence-electron chi connectivity index (χ3n) is 1.43. The highest BCUT2D eigenvalue weighted by atomic mass is 32.1. The predicted molar refractivity (Wildman–Crippen MR) is 51.0 cm³/mol. The first-order valence-electron chi connectivity index (χ1n) is 3.41. The molecular weight excluding hydrogens is 188 g/mol. The molecule has 0 fully saturated rings. The third-order valence-corrected chi connectivity index (χ3v) is 1.43. The minimum Gasteiger partial charge on any atom is -0.342 e. The van der Waals surface area contributed by atoms with E-state index >= 15 is 0 Å². The normalized spacial score (nSPS) is 9.23. The van der Waals surface area contributed by atoms with Crippen LogP contribution in [0.5, 0.6) is 0 Å². The molecule has 5 nitrogen and oxygen atoms in total. The van der Waals surface area contributed by atoms with Crippen LogP contribution in [0.1, 0.15) is 16.4 Å². The lowest BCUT2D eigenvalue weighted by molar-refractivity contribution is 0.102. The Hall–Kier alpha value is -1.56. The molecule has 0 aliphatic heterocycles. The van der Waals surface area contributed by atoms with Gasteiger partial charge in [0.15, 0.2) is 11.6 Å². The summed E-state index contributed by atoms with van der Waals surface area (Å²) < 4.78 is 0. The molecule has 2 N–H and O–H groups in total. The molecule has 13 heavy (non-hydrogen) atoms. The Balaban J connectivity index is 0.000000845. The van der Waals surface area contributed by atoms with Crippen LogP contribution in [0.25, 0.3) is 0 Å². The van der Waals surface area contributed by atoms with Crippen LogP contribution < -0.4 is 0 Å². The largest absolute Gasteiger partial charge is 0.342 e. The van der Waals surface area contributed by atoms with Crippen molar-refractivity contribution in [1.29, 1.82) is 0 Å². The number of nitrogens with one attached hydrogen (secondary N) is 2. The molecule has 2 rings (SSSR count). The van der Waals surface area contributed by atoms with Crippen molar-refractivity contribution >= 4 is 19.3 Å². The van der Waals surface area contributed by atoms with Crippen molar-refractivity contribution in [3.05, 3.63) is 36.4 Å². The van der Waals surface area contributed by atoms with Gasteiger partial charge in [-0.2, -0.15) is 13.5 Å². The topological polar surface area (TPSA) is 74.4 Å². The van der Waals surface area contributed by atoms with Gasteiger partial charge in [-0.3, -0.25) is 4.79 Å². The number of imidazole rings is 2. The third kappa shape index (κ3) is 1.78. The van der Waals surface area contributed by atoms with Gasteiger partial charge in [-0.05, 0) is 0 Å². The number of hydrogen-bond acceptors (Lipinski definition) is 3. The molecule has 6 heteroatoms. The van der Waals surface area contributed by atoms with Crippen LogP contribution >= 0.6 is 13.5 Å². The SMILES string of the molecule is O=C(c1ncc[nH]1)c1ncc[nH]1.S. The summed E-state index contributed by atoms with van der Waals surface area (Å²) in [6.07, 6.45) is 6.23. The van der Waals surface area contributed by atoms with Crippen molar-refractivity contribution in [2.45, 2.75) is 0 Å². The fourth-order valence-corrected chi connectivity index (χ4v) is 0.891. The molecule has 0 aliphatic carbocycles. The molecule has 0 bridgehead atoms. The maximum Gasteiger partial charge on any atom is 0.263 e. The molecule has 68 valence electrons. The zero-order valence-electron chi connectivity index (χ0n) is 6.61. The Morgan fingerprint density at radius 3 is 1.85 bits per heavy atom. The molecule has 0 unspecified atom stereocenters. The van der Waals surface area contributed by atoms with Crippen molar-refractivity contribution < 1.29 is 4.79 Å². The number of ketones is 1. The molecule has 0 amide bonds. The lowest BCUT2D eigenvalue weighted by Crippen LogP contribution is -2.05. The molecule has 0 saturated carbocycles. The zero-order chi connectivity index (χ0) is 8.39. The Morgan fingerprint density at radius 2 is 1.54 bits per heavy atom. The van der Waals surface area contributed by atoms with E-state index in [1.807, 2.05) is 0 Å². The van der Waals surface area contributed by atoms with Crippen LogP contribution in [-0.2, 0) is 0 Å². The average molecular weight is 196 g/mol. The van der Waals surface area contributed by atoms with Gasteiger partial charge in [-0.1, -0.05) is 0 Å². The number of rotatable bonds is 2. The summed E-state index contributed by atoms with van der Waals surface area (Å²) in [5.74, 6) is 0.361. The van der Waals surface area contributed by atoms with Gasteiger partial charge in [0.05, 0.1) is 0 Å². The van der Waals surface area contributed by atoms with E-state index in [-0.39, 0.29) is 19.3 Å². The van der Waals surface area contributed by atoms with Crippen LogP contribution in [0.3, 0.4) is 0 Å². The van der Waals surface area contributed by atoms with E-state index in [4.69, 9.17) is 0 Å². The lowest BCUT2D eigenvalue weighted by Gasteiger charge is -1.89. The zero-order valence-corrected chi connectivity index (χ0v) is 7.61. The van der Waals surface area contributed by atoms with Crippen molar-refractivity contribution in [3.8, 4) is 0 Å². The molecule has 0 aromatic carbocycles. The first-order valence-corrected chi connectivity index (χ1v) is 3.41. The van der Waals surface area contributed by atoms with Gasteiger partial charge < -0.3 is 9.97 Å². The number of hydrogen-bond donors (Lipinski definition) is 2. The van der Waals surface area contributed by atoms with E-state index in [1.165, 1.54) is 12.4 Å². The summed E-state index contributed by atoms with van der Waals surface area (Å²) >= 11 is 0. The summed E-state index contributed by atoms with van der Waals surface area (Å²) in [5.41, 5.74) is 0. The van der Waals surface area contributed by atoms with Crippen molar-refractivity contribution in [3.63, 3.8) is 0 Å². The molecule has 0 saturated heterocycles. The van der Waals surface area contributed by atoms with Crippen molar-refractivity contribution in [2.24, 2.45) is 0 Å². The van der Waals surface area contributed by atoms with Crippen LogP contribution in [0.15, 0.2) is 24.8 Å². The number of carbonyl (C=O) groups is 1. The second-order valence-electron chi connectivity index (χ2n) is 2.20. The molecule has 0 aliphatic rings. The van der Waals surface area contributed by atoms with E-state index < -0.39 is 0 Å². The minimum absolute atomic E-state index is 0. The van der Waals surface area contributed by atoms with Gasteiger partial charge in [0.25, 0.3) is 5.78 Å². The highest BCUT2D eigenvalue weighted by Crippen LogP contribution is 1.98. The van der Waals surface area contributed by atoms with Crippen LogP contribution in [0.2, 0.25) is 0 Å². The Kier molecular flexibility index (Phi) is 2.86. The maximum atomic E-state index is 11.4. The molecule has 0 spiro atoms. The van der Waals surface area contributed by atoms with Gasteiger partial charge in [0.1, 0.15) is 0 Å². The number of aromatic amines is 2. The average Bonchev–Trinajstić information content (AvgIpc) is 2.77. The summed E-state index contributed by atoms with van der Waals surface area (Å²) in [5, 5.41) is 0. The smallest absolute Gasteiger partial charge is 0.263 e. The molecule has 2 aromatic rings. The Bertz CT molecular complexity index is 331. The number of carbonyl (C=O) groups excluding carboxylic acids is 1. The summed E-state index contributed by atoms with van der Waals surface area (Å²) in [6.45, 7) is 0. The van der Waals surface area contributed by atoms with Crippen LogP contribution in [0.4, 0.5) is 0 Å². The second-order valence-corrected chi connectivity index (χ2v) is 2.20. The summed E-state index contributed by atoms with van der Waals surface area (Å²) in [4.78, 5) is 24.4. The summed E-state index contributed by atoms with van der Waals surface area (Å²) in [6, 6.07) is 0. The van der Waals surface area contributed by atoms with Crippen LogP contribution in [0, 0.1) is 0 Å². The fraction of sp³-hybridized carbons (Fsp3) is 0. The Morgan fingerprint density at radius 1 is 1.08 bits per heavy atom. The molecule has 0 atom stereocenters. The standard InChI is InChI=1S/C7H6N4O.H2S/c12-5(6-8-1-2-9-6)7-10-3-4-11-7;/h1-4H,(H,8,9)(H,10,11);1H2. The van der Waals surface area contributed by atoms with Gasteiger partial charge in [0.2, 0.25) is 0 Å². The monoisotopic (exact) mass is 196 g/mol. The number of H-pyrrole nitrogens is 2. The van der Waals surface area contributed by atoms with Crippen molar-refractivity contribution in [2.75, 3.05) is 0 Å². The second kappa shape index (κ2) is 3.90. The molecule has 2 aromatic heterocycles. The van der Waals surface area contributed by atoms with Crippen molar-refractivity contribution in [1.82, 2.24) is 19.9 Å². The van der Waals surface area contributed by atoms with E-state index in [0.717, 1.165) is 0 Å². The van der Waals surface area contributed by atoms with Gasteiger partial charge >= 0.3 is 0 Å². The van der Waals surface area contributed by atoms with Gasteiger partial charge in [0, 0.05) is 24.8 Å². The maximum absolute atomic E-state index is 11.4.